The summed E-state index contributed by atoms with van der Waals surface area (Å²) in [5, 5.41) is 0. The van der Waals surface area contributed by atoms with Gasteiger partial charge in [-0.25, -0.2) is 8.42 Å². The topological polar surface area (TPSA) is 80.5 Å². The Balaban J connectivity index is 4.70. The van der Waals surface area contributed by atoms with Crippen LogP contribution in [0.1, 0.15) is 26.7 Å². The van der Waals surface area contributed by atoms with Gasteiger partial charge in [-0.15, -0.1) is 0 Å². The molecule has 1 amide bonds. The molecule has 0 aromatic carbocycles. The van der Waals surface area contributed by atoms with E-state index in [1.165, 1.54) is 0 Å². The lowest BCUT2D eigenvalue weighted by Gasteiger charge is -2.30. The Morgan fingerprint density at radius 2 is 1.81 bits per heavy atom. The maximum Gasteiger partial charge on any atom is 0.238 e. The molecule has 0 aliphatic heterocycles. The number of carbonyl (C=O) groups is 1. The molecule has 2 N–H and O–H groups in total. The van der Waals surface area contributed by atoms with Gasteiger partial charge in [0.15, 0.2) is 9.84 Å². The minimum absolute atomic E-state index is 0.0813. The van der Waals surface area contributed by atoms with Crippen LogP contribution in [0, 0.1) is 0 Å². The van der Waals surface area contributed by atoms with Crippen LogP contribution in [0.15, 0.2) is 0 Å². The third-order valence-corrected chi connectivity index (χ3v) is 3.23. The van der Waals surface area contributed by atoms with Crippen molar-refractivity contribution in [3.05, 3.63) is 0 Å². The fourth-order valence-corrected chi connectivity index (χ4v) is 2.30. The second kappa shape index (κ2) is 6.85. The van der Waals surface area contributed by atoms with Crippen molar-refractivity contribution in [3.8, 4) is 0 Å². The van der Waals surface area contributed by atoms with Crippen molar-refractivity contribution in [1.29, 1.82) is 0 Å². The van der Waals surface area contributed by atoms with Gasteiger partial charge in [-0.05, 0) is 12.8 Å². The highest BCUT2D eigenvalue weighted by molar-refractivity contribution is 7.91. The first kappa shape index (κ1) is 15.4. The van der Waals surface area contributed by atoms with Gasteiger partial charge in [0.2, 0.25) is 5.91 Å². The van der Waals surface area contributed by atoms with E-state index >= 15 is 0 Å². The zero-order valence-corrected chi connectivity index (χ0v) is 11.1. The van der Waals surface area contributed by atoms with E-state index < -0.39 is 15.6 Å². The Kier molecular flexibility index (Phi) is 6.59. The van der Waals surface area contributed by atoms with E-state index in [1.54, 1.807) is 4.90 Å². The zero-order valence-electron chi connectivity index (χ0n) is 10.3. The van der Waals surface area contributed by atoms with E-state index in [2.05, 4.69) is 0 Å². The molecule has 0 saturated carbocycles. The van der Waals surface area contributed by atoms with Crippen LogP contribution >= 0.6 is 0 Å². The molecule has 0 atom stereocenters. The van der Waals surface area contributed by atoms with E-state index in [0.717, 1.165) is 19.1 Å². The van der Waals surface area contributed by atoms with Crippen LogP contribution < -0.4 is 5.73 Å². The lowest BCUT2D eigenvalue weighted by Crippen LogP contribution is -2.45. The molecular formula is C10H22N2O3S. The van der Waals surface area contributed by atoms with Gasteiger partial charge in [-0.1, -0.05) is 13.8 Å². The number of carbonyl (C=O) groups excluding carboxylic acids is 1. The van der Waals surface area contributed by atoms with Crippen molar-refractivity contribution in [1.82, 2.24) is 4.90 Å². The number of nitrogens with two attached hydrogens (primary N) is 1. The Labute approximate surface area is 97.9 Å². The monoisotopic (exact) mass is 250 g/mol. The first-order valence-electron chi connectivity index (χ1n) is 5.52. The normalized spacial score (nSPS) is 11.8. The van der Waals surface area contributed by atoms with Crippen molar-refractivity contribution in [2.45, 2.75) is 32.7 Å². The Morgan fingerprint density at radius 1 is 1.31 bits per heavy atom. The SMILES string of the molecule is CCC(CC)N(CCN)C(=O)CS(C)(=O)=O. The first-order chi connectivity index (χ1) is 7.35. The molecule has 6 heteroatoms. The van der Waals surface area contributed by atoms with Crippen LogP contribution in [0.5, 0.6) is 0 Å². The number of nitrogens with zero attached hydrogens (tertiary/aromatic N) is 1. The Hall–Kier alpha value is -0.620. The summed E-state index contributed by atoms with van der Waals surface area (Å²) >= 11 is 0. The maximum atomic E-state index is 11.8. The molecule has 0 bridgehead atoms. The smallest absolute Gasteiger partial charge is 0.238 e. The van der Waals surface area contributed by atoms with Crippen molar-refractivity contribution < 1.29 is 13.2 Å². The van der Waals surface area contributed by atoms with E-state index in [-0.39, 0.29) is 11.9 Å². The molecule has 0 spiro atoms. The summed E-state index contributed by atoms with van der Waals surface area (Å²) in [5.74, 6) is -0.773. The maximum absolute atomic E-state index is 11.8. The molecule has 0 aromatic heterocycles. The summed E-state index contributed by atoms with van der Waals surface area (Å²) in [6.45, 7) is 4.73. The average molecular weight is 250 g/mol. The zero-order chi connectivity index (χ0) is 12.8. The van der Waals surface area contributed by atoms with Crippen LogP contribution in [0.4, 0.5) is 0 Å². The molecule has 0 rings (SSSR count). The molecule has 0 aliphatic rings. The lowest BCUT2D eigenvalue weighted by molar-refractivity contribution is -0.130. The van der Waals surface area contributed by atoms with E-state index in [1.807, 2.05) is 13.8 Å². The summed E-state index contributed by atoms with van der Waals surface area (Å²) in [7, 11) is -3.27. The standard InChI is InChI=1S/C10H22N2O3S/c1-4-9(5-2)12(7-6-11)10(13)8-16(3,14)15/h9H,4-8,11H2,1-3H3. The van der Waals surface area contributed by atoms with E-state index in [9.17, 15) is 13.2 Å². The predicted octanol–water partition coefficient (Wildman–Crippen LogP) is 0.00690. The molecule has 0 fully saturated rings. The molecule has 0 radical (unpaired) electrons. The molecule has 0 unspecified atom stereocenters. The summed E-state index contributed by atoms with van der Waals surface area (Å²) in [6, 6.07) is 0.0813. The van der Waals surface area contributed by atoms with Crippen molar-refractivity contribution in [2.75, 3.05) is 25.1 Å². The first-order valence-corrected chi connectivity index (χ1v) is 7.59. The number of hydrogen-bond donors (Lipinski definition) is 1. The van der Waals surface area contributed by atoms with Gasteiger partial charge >= 0.3 is 0 Å². The fraction of sp³-hybridized carbons (Fsp3) is 0.900. The summed E-state index contributed by atoms with van der Waals surface area (Å²) in [5.41, 5.74) is 5.43. The minimum Gasteiger partial charge on any atom is -0.338 e. The van der Waals surface area contributed by atoms with Crippen molar-refractivity contribution >= 4 is 15.7 Å². The van der Waals surface area contributed by atoms with Gasteiger partial charge in [0.1, 0.15) is 5.75 Å². The molecule has 96 valence electrons. The molecule has 5 nitrogen and oxygen atoms in total. The number of sulfone groups is 1. The van der Waals surface area contributed by atoms with Gasteiger partial charge < -0.3 is 10.6 Å². The van der Waals surface area contributed by atoms with E-state index in [4.69, 9.17) is 5.73 Å². The van der Waals surface area contributed by atoms with Crippen LogP contribution in [0.2, 0.25) is 0 Å². The third kappa shape index (κ3) is 5.46. The van der Waals surface area contributed by atoms with E-state index in [0.29, 0.717) is 13.1 Å². The van der Waals surface area contributed by atoms with Crippen LogP contribution in [0.25, 0.3) is 0 Å². The second-order valence-electron chi connectivity index (χ2n) is 3.92. The largest absolute Gasteiger partial charge is 0.338 e. The highest BCUT2D eigenvalue weighted by Gasteiger charge is 2.23. The quantitative estimate of drug-likeness (QED) is 0.690. The molecule has 0 aliphatic carbocycles. The van der Waals surface area contributed by atoms with Gasteiger partial charge in [-0.2, -0.15) is 0 Å². The lowest BCUT2D eigenvalue weighted by atomic mass is 10.1. The van der Waals surface area contributed by atoms with Crippen LogP contribution in [-0.4, -0.2) is 50.4 Å². The molecular weight excluding hydrogens is 228 g/mol. The van der Waals surface area contributed by atoms with Gasteiger partial charge in [0, 0.05) is 25.4 Å². The highest BCUT2D eigenvalue weighted by atomic mass is 32.2. The summed E-state index contributed by atoms with van der Waals surface area (Å²) in [4.78, 5) is 13.4. The van der Waals surface area contributed by atoms with Crippen molar-refractivity contribution in [2.24, 2.45) is 5.73 Å². The van der Waals surface area contributed by atoms with Crippen LogP contribution in [-0.2, 0) is 14.6 Å². The average Bonchev–Trinajstić information content (AvgIpc) is 2.15. The van der Waals surface area contributed by atoms with Crippen molar-refractivity contribution in [3.63, 3.8) is 0 Å². The Bertz CT molecular complexity index is 310. The number of hydrogen-bond acceptors (Lipinski definition) is 4. The molecule has 0 heterocycles. The van der Waals surface area contributed by atoms with Gasteiger partial charge in [0.05, 0.1) is 0 Å². The Morgan fingerprint density at radius 3 is 2.12 bits per heavy atom. The second-order valence-corrected chi connectivity index (χ2v) is 6.06. The fourth-order valence-electron chi connectivity index (χ4n) is 1.69. The molecule has 16 heavy (non-hydrogen) atoms. The highest BCUT2D eigenvalue weighted by Crippen LogP contribution is 2.09. The molecule has 0 saturated heterocycles. The summed E-state index contributed by atoms with van der Waals surface area (Å²) < 4.78 is 22.1. The summed E-state index contributed by atoms with van der Waals surface area (Å²) in [6.07, 6.45) is 2.69. The minimum atomic E-state index is -3.27. The number of amides is 1. The van der Waals surface area contributed by atoms with Gasteiger partial charge in [-0.3, -0.25) is 4.79 Å². The third-order valence-electron chi connectivity index (χ3n) is 2.46. The molecule has 0 aromatic rings. The van der Waals surface area contributed by atoms with Crippen LogP contribution in [0.3, 0.4) is 0 Å². The number of rotatable bonds is 7. The van der Waals surface area contributed by atoms with Gasteiger partial charge in [0.25, 0.3) is 0 Å². The predicted molar refractivity (Wildman–Crippen MR) is 64.8 cm³/mol.